The Bertz CT molecular complexity index is 361. The highest BCUT2D eigenvalue weighted by Crippen LogP contribution is 2.24. The third-order valence-electron chi connectivity index (χ3n) is 3.43. The summed E-state index contributed by atoms with van der Waals surface area (Å²) in [5.74, 6) is 0.767. The Morgan fingerprint density at radius 3 is 2.53 bits per heavy atom. The quantitative estimate of drug-likeness (QED) is 0.727. The van der Waals surface area contributed by atoms with E-state index in [1.807, 2.05) is 31.2 Å². The normalized spacial score (nSPS) is 16.3. The fraction of sp³-hybridized carbons (Fsp3) is 0.533. The Balaban J connectivity index is 1.75. The Morgan fingerprint density at radius 1 is 1.24 bits per heavy atom. The summed E-state index contributed by atoms with van der Waals surface area (Å²) in [5.41, 5.74) is 1.93. The minimum atomic E-state index is 0.0861. The molecule has 0 spiro atoms. The van der Waals surface area contributed by atoms with Crippen LogP contribution in [0.2, 0.25) is 0 Å². The molecule has 0 aromatic heterocycles. The van der Waals surface area contributed by atoms with Gasteiger partial charge in [-0.15, -0.1) is 0 Å². The fourth-order valence-corrected chi connectivity index (χ4v) is 2.32. The van der Waals surface area contributed by atoms with E-state index in [1.165, 1.54) is 31.2 Å². The molecule has 1 aromatic carbocycles. The lowest BCUT2D eigenvalue weighted by molar-refractivity contribution is 0.0681. The van der Waals surface area contributed by atoms with Crippen LogP contribution in [-0.2, 0) is 4.74 Å². The second kappa shape index (κ2) is 5.97. The average Bonchev–Trinajstić information content (AvgIpc) is 2.83. The molecule has 1 saturated carbocycles. The van der Waals surface area contributed by atoms with Crippen LogP contribution in [-0.4, -0.2) is 19.0 Å². The summed E-state index contributed by atoms with van der Waals surface area (Å²) in [7, 11) is 0. The minimum absolute atomic E-state index is 0.0861. The first-order valence-corrected chi connectivity index (χ1v) is 6.43. The highest BCUT2D eigenvalue weighted by Gasteiger charge is 2.15. The molecule has 1 aliphatic carbocycles. The number of hydrogen-bond donors (Lipinski definition) is 0. The maximum Gasteiger partial charge on any atom is 0.188 e. The van der Waals surface area contributed by atoms with Gasteiger partial charge in [-0.2, -0.15) is 0 Å². The number of rotatable bonds is 5. The number of hydrogen-bond acceptors (Lipinski definition) is 2. The molecule has 17 heavy (non-hydrogen) atoms. The number of aryl methyl sites for hydroxylation is 1. The van der Waals surface area contributed by atoms with Gasteiger partial charge in [-0.3, -0.25) is 4.79 Å². The van der Waals surface area contributed by atoms with E-state index in [4.69, 9.17) is 4.74 Å². The van der Waals surface area contributed by atoms with E-state index in [0.29, 0.717) is 5.92 Å². The molecule has 0 atom stereocenters. The molecule has 2 nitrogen and oxygen atoms in total. The first kappa shape index (κ1) is 12.3. The van der Waals surface area contributed by atoms with Gasteiger partial charge in [0.2, 0.25) is 0 Å². The van der Waals surface area contributed by atoms with Gasteiger partial charge in [-0.05, 0) is 25.7 Å². The first-order valence-electron chi connectivity index (χ1n) is 6.43. The zero-order chi connectivity index (χ0) is 12.1. The van der Waals surface area contributed by atoms with Crippen LogP contribution in [0.5, 0.6) is 0 Å². The van der Waals surface area contributed by atoms with Crippen LogP contribution in [0.3, 0.4) is 0 Å². The SMILES string of the molecule is Cc1ccc(C(=O)COCC2CCCC2)cc1. The number of benzene rings is 1. The van der Waals surface area contributed by atoms with Gasteiger partial charge in [0.1, 0.15) is 6.61 Å². The van der Waals surface area contributed by atoms with Crippen LogP contribution < -0.4 is 0 Å². The summed E-state index contributed by atoms with van der Waals surface area (Å²) < 4.78 is 5.51. The molecule has 0 radical (unpaired) electrons. The van der Waals surface area contributed by atoms with Crippen LogP contribution in [0, 0.1) is 12.8 Å². The smallest absolute Gasteiger partial charge is 0.188 e. The minimum Gasteiger partial charge on any atom is -0.373 e. The topological polar surface area (TPSA) is 26.3 Å². The predicted octanol–water partition coefficient (Wildman–Crippen LogP) is 3.38. The second-order valence-corrected chi connectivity index (χ2v) is 4.95. The van der Waals surface area contributed by atoms with Gasteiger partial charge < -0.3 is 4.74 Å². The molecular formula is C15H20O2. The van der Waals surface area contributed by atoms with Crippen LogP contribution >= 0.6 is 0 Å². The van der Waals surface area contributed by atoms with Gasteiger partial charge in [-0.1, -0.05) is 42.7 Å². The molecule has 2 heteroatoms. The van der Waals surface area contributed by atoms with Crippen molar-refractivity contribution in [1.29, 1.82) is 0 Å². The van der Waals surface area contributed by atoms with Crippen molar-refractivity contribution in [3.05, 3.63) is 35.4 Å². The van der Waals surface area contributed by atoms with E-state index in [2.05, 4.69) is 0 Å². The molecule has 1 aromatic rings. The van der Waals surface area contributed by atoms with E-state index >= 15 is 0 Å². The first-order chi connectivity index (χ1) is 8.25. The summed E-state index contributed by atoms with van der Waals surface area (Å²) in [6.07, 6.45) is 5.16. The van der Waals surface area contributed by atoms with E-state index in [9.17, 15) is 4.79 Å². The Morgan fingerprint density at radius 2 is 1.88 bits per heavy atom. The summed E-state index contributed by atoms with van der Waals surface area (Å²) in [6.45, 7) is 2.99. The van der Waals surface area contributed by atoms with Crippen LogP contribution in [0.1, 0.15) is 41.6 Å². The number of Topliss-reactive ketones (excluding diaryl/α,β-unsaturated/α-hetero) is 1. The third kappa shape index (κ3) is 3.67. The maximum atomic E-state index is 11.8. The Labute approximate surface area is 103 Å². The van der Waals surface area contributed by atoms with Gasteiger partial charge >= 0.3 is 0 Å². The van der Waals surface area contributed by atoms with Gasteiger partial charge in [0.05, 0.1) is 6.61 Å². The van der Waals surface area contributed by atoms with Crippen LogP contribution in [0.25, 0.3) is 0 Å². The lowest BCUT2D eigenvalue weighted by Crippen LogP contribution is -2.13. The van der Waals surface area contributed by atoms with E-state index in [0.717, 1.165) is 12.2 Å². The van der Waals surface area contributed by atoms with E-state index in [1.54, 1.807) is 0 Å². The molecule has 0 heterocycles. The summed E-state index contributed by atoms with van der Waals surface area (Å²) in [5, 5.41) is 0. The largest absolute Gasteiger partial charge is 0.373 e. The Hall–Kier alpha value is -1.15. The molecule has 0 amide bonds. The van der Waals surface area contributed by atoms with Crippen molar-refractivity contribution < 1.29 is 9.53 Å². The van der Waals surface area contributed by atoms with Gasteiger partial charge in [0, 0.05) is 5.56 Å². The molecule has 0 bridgehead atoms. The molecule has 2 rings (SSSR count). The number of ether oxygens (including phenoxy) is 1. The predicted molar refractivity (Wildman–Crippen MR) is 68.3 cm³/mol. The van der Waals surface area contributed by atoms with Crippen LogP contribution in [0.4, 0.5) is 0 Å². The van der Waals surface area contributed by atoms with Crippen molar-refractivity contribution in [2.45, 2.75) is 32.6 Å². The zero-order valence-electron chi connectivity index (χ0n) is 10.4. The lowest BCUT2D eigenvalue weighted by Gasteiger charge is -2.09. The molecule has 0 unspecified atom stereocenters. The molecule has 0 saturated heterocycles. The van der Waals surface area contributed by atoms with Gasteiger partial charge in [0.15, 0.2) is 5.78 Å². The number of ketones is 1. The summed E-state index contributed by atoms with van der Waals surface area (Å²) in [4.78, 5) is 11.8. The fourth-order valence-electron chi connectivity index (χ4n) is 2.32. The van der Waals surface area contributed by atoms with Crippen molar-refractivity contribution >= 4 is 5.78 Å². The lowest BCUT2D eigenvalue weighted by atomic mass is 10.1. The van der Waals surface area contributed by atoms with Gasteiger partial charge in [-0.25, -0.2) is 0 Å². The standard InChI is InChI=1S/C15H20O2/c1-12-6-8-14(9-7-12)15(16)11-17-10-13-4-2-3-5-13/h6-9,13H,2-5,10-11H2,1H3. The van der Waals surface area contributed by atoms with Crippen LogP contribution in [0.15, 0.2) is 24.3 Å². The van der Waals surface area contributed by atoms with Crippen molar-refractivity contribution in [1.82, 2.24) is 0 Å². The highest BCUT2D eigenvalue weighted by molar-refractivity contribution is 5.97. The number of carbonyl (C=O) groups excluding carboxylic acids is 1. The zero-order valence-corrected chi connectivity index (χ0v) is 10.4. The summed E-state index contributed by atoms with van der Waals surface area (Å²) >= 11 is 0. The molecule has 1 aliphatic rings. The van der Waals surface area contributed by atoms with Crippen molar-refractivity contribution in [3.63, 3.8) is 0 Å². The van der Waals surface area contributed by atoms with Crippen molar-refractivity contribution in [3.8, 4) is 0 Å². The van der Waals surface area contributed by atoms with Gasteiger partial charge in [0.25, 0.3) is 0 Å². The molecule has 0 aliphatic heterocycles. The van der Waals surface area contributed by atoms with Crippen molar-refractivity contribution in [2.24, 2.45) is 5.92 Å². The molecule has 0 N–H and O–H groups in total. The highest BCUT2D eigenvalue weighted by atomic mass is 16.5. The average molecular weight is 232 g/mol. The summed E-state index contributed by atoms with van der Waals surface area (Å²) in [6, 6.07) is 7.67. The second-order valence-electron chi connectivity index (χ2n) is 4.95. The maximum absolute atomic E-state index is 11.8. The van der Waals surface area contributed by atoms with Crippen molar-refractivity contribution in [2.75, 3.05) is 13.2 Å². The third-order valence-corrected chi connectivity index (χ3v) is 3.43. The van der Waals surface area contributed by atoms with E-state index < -0.39 is 0 Å². The monoisotopic (exact) mass is 232 g/mol. The molecule has 92 valence electrons. The molecular weight excluding hydrogens is 212 g/mol. The Kier molecular flexibility index (Phi) is 4.32. The molecule has 1 fully saturated rings. The van der Waals surface area contributed by atoms with E-state index in [-0.39, 0.29) is 12.4 Å². The number of carbonyl (C=O) groups is 1.